The van der Waals surface area contributed by atoms with E-state index in [-0.39, 0.29) is 4.90 Å². The van der Waals surface area contributed by atoms with Crippen molar-refractivity contribution < 1.29 is 17.2 Å². The van der Waals surface area contributed by atoms with Crippen LogP contribution in [0, 0.1) is 0 Å². The molecular weight excluding hydrogens is 262 g/mol. The molecule has 0 aliphatic rings. The molecule has 0 saturated carbocycles. The topological polar surface area (TPSA) is 72.2 Å². The van der Waals surface area contributed by atoms with Crippen molar-refractivity contribution in [3.05, 3.63) is 29.8 Å². The van der Waals surface area contributed by atoms with E-state index < -0.39 is 23.0 Å². The lowest BCUT2D eigenvalue weighted by atomic mass is 10.1. The molecule has 0 fully saturated rings. The molecule has 0 aliphatic heterocycles. The van der Waals surface area contributed by atoms with E-state index in [1.807, 2.05) is 4.72 Å². The average molecular weight is 278 g/mol. The van der Waals surface area contributed by atoms with E-state index in [4.69, 9.17) is 5.73 Å². The summed E-state index contributed by atoms with van der Waals surface area (Å²) in [4.78, 5) is -0.0142. The lowest BCUT2D eigenvalue weighted by molar-refractivity contribution is 0.153. The molecule has 0 heterocycles. The number of aryl methyl sites for hydroxylation is 1. The SMILES string of the molecule is NCCCc1ccc(S(=O)(=O)NCC(F)F)cc1. The fourth-order valence-corrected chi connectivity index (χ4v) is 2.40. The molecule has 0 atom stereocenters. The largest absolute Gasteiger partial charge is 0.330 e. The van der Waals surface area contributed by atoms with E-state index >= 15 is 0 Å². The van der Waals surface area contributed by atoms with Crippen LogP contribution in [0.4, 0.5) is 8.78 Å². The average Bonchev–Trinajstić information content (AvgIpc) is 2.34. The van der Waals surface area contributed by atoms with Crippen molar-refractivity contribution in [3.8, 4) is 0 Å². The Kier molecular flexibility index (Phi) is 5.64. The van der Waals surface area contributed by atoms with Crippen LogP contribution in [-0.2, 0) is 16.4 Å². The van der Waals surface area contributed by atoms with Gasteiger partial charge in [-0.05, 0) is 37.1 Å². The fraction of sp³-hybridized carbons (Fsp3) is 0.455. The number of nitrogens with two attached hydrogens (primary N) is 1. The highest BCUT2D eigenvalue weighted by Crippen LogP contribution is 2.11. The van der Waals surface area contributed by atoms with Gasteiger partial charge in [0.05, 0.1) is 11.4 Å². The first-order chi connectivity index (χ1) is 8.45. The molecule has 0 aliphatic carbocycles. The van der Waals surface area contributed by atoms with Gasteiger partial charge < -0.3 is 5.73 Å². The maximum atomic E-state index is 11.9. The summed E-state index contributed by atoms with van der Waals surface area (Å²) in [6, 6.07) is 6.12. The number of alkyl halides is 2. The minimum atomic E-state index is -3.85. The van der Waals surface area contributed by atoms with E-state index in [0.717, 1.165) is 18.4 Å². The second-order valence-electron chi connectivity index (χ2n) is 3.78. The summed E-state index contributed by atoms with van der Waals surface area (Å²) < 4.78 is 48.9. The normalized spacial score (nSPS) is 12.0. The molecule has 102 valence electrons. The van der Waals surface area contributed by atoms with Crippen LogP contribution in [-0.4, -0.2) is 27.9 Å². The minimum absolute atomic E-state index is 0.0142. The van der Waals surface area contributed by atoms with Gasteiger partial charge in [0.1, 0.15) is 0 Å². The Labute approximate surface area is 105 Å². The maximum absolute atomic E-state index is 11.9. The molecule has 7 heteroatoms. The number of sulfonamides is 1. The zero-order valence-electron chi connectivity index (χ0n) is 9.77. The molecular formula is C11H16F2N2O2S. The number of hydrogen-bond donors (Lipinski definition) is 2. The highest BCUT2D eigenvalue weighted by atomic mass is 32.2. The summed E-state index contributed by atoms with van der Waals surface area (Å²) in [5, 5.41) is 0. The smallest absolute Gasteiger partial charge is 0.251 e. The van der Waals surface area contributed by atoms with Gasteiger partial charge in [-0.15, -0.1) is 0 Å². The van der Waals surface area contributed by atoms with Gasteiger partial charge in [0.15, 0.2) is 0 Å². The van der Waals surface area contributed by atoms with Crippen molar-refractivity contribution in [1.29, 1.82) is 0 Å². The predicted octanol–water partition coefficient (Wildman–Crippen LogP) is 1.12. The third-order valence-electron chi connectivity index (χ3n) is 2.33. The summed E-state index contributed by atoms with van der Waals surface area (Å²) >= 11 is 0. The second kappa shape index (κ2) is 6.77. The number of nitrogens with one attached hydrogen (secondary N) is 1. The van der Waals surface area contributed by atoms with Crippen molar-refractivity contribution in [3.63, 3.8) is 0 Å². The Morgan fingerprint density at radius 1 is 1.22 bits per heavy atom. The Morgan fingerprint density at radius 2 is 1.83 bits per heavy atom. The molecule has 0 spiro atoms. The zero-order chi connectivity index (χ0) is 13.6. The van der Waals surface area contributed by atoms with Crippen LogP contribution in [0.15, 0.2) is 29.2 Å². The van der Waals surface area contributed by atoms with Crippen LogP contribution in [0.2, 0.25) is 0 Å². The molecule has 0 radical (unpaired) electrons. The van der Waals surface area contributed by atoms with Gasteiger partial charge in [-0.2, -0.15) is 0 Å². The van der Waals surface area contributed by atoms with Crippen molar-refractivity contribution in [1.82, 2.24) is 4.72 Å². The molecule has 1 rings (SSSR count). The third-order valence-corrected chi connectivity index (χ3v) is 3.77. The van der Waals surface area contributed by atoms with Crippen molar-refractivity contribution >= 4 is 10.0 Å². The Bertz CT molecular complexity index is 460. The van der Waals surface area contributed by atoms with Crippen molar-refractivity contribution in [2.45, 2.75) is 24.2 Å². The molecule has 18 heavy (non-hydrogen) atoms. The van der Waals surface area contributed by atoms with Crippen LogP contribution in [0.1, 0.15) is 12.0 Å². The minimum Gasteiger partial charge on any atom is -0.330 e. The van der Waals surface area contributed by atoms with Crippen molar-refractivity contribution in [2.24, 2.45) is 5.73 Å². The summed E-state index contributed by atoms with van der Waals surface area (Å²) in [7, 11) is -3.85. The molecule has 3 N–H and O–H groups in total. The van der Waals surface area contributed by atoms with Crippen molar-refractivity contribution in [2.75, 3.05) is 13.1 Å². The van der Waals surface area contributed by atoms with E-state index in [9.17, 15) is 17.2 Å². The first-order valence-electron chi connectivity index (χ1n) is 5.52. The number of benzene rings is 1. The van der Waals surface area contributed by atoms with Crippen LogP contribution in [0.3, 0.4) is 0 Å². The maximum Gasteiger partial charge on any atom is 0.251 e. The number of rotatable bonds is 7. The van der Waals surface area contributed by atoms with Crippen LogP contribution in [0.25, 0.3) is 0 Å². The molecule has 1 aromatic rings. The van der Waals surface area contributed by atoms with Gasteiger partial charge in [-0.1, -0.05) is 12.1 Å². The molecule has 4 nitrogen and oxygen atoms in total. The molecule has 0 bridgehead atoms. The fourth-order valence-electron chi connectivity index (χ4n) is 1.40. The first kappa shape index (κ1) is 15.0. The highest BCUT2D eigenvalue weighted by Gasteiger charge is 2.15. The molecule has 0 amide bonds. The van der Waals surface area contributed by atoms with E-state index in [1.54, 1.807) is 12.1 Å². The van der Waals surface area contributed by atoms with Gasteiger partial charge in [0.25, 0.3) is 6.43 Å². The van der Waals surface area contributed by atoms with E-state index in [1.165, 1.54) is 12.1 Å². The summed E-state index contributed by atoms with van der Waals surface area (Å²) in [6.07, 6.45) is -1.12. The molecule has 0 unspecified atom stereocenters. The zero-order valence-corrected chi connectivity index (χ0v) is 10.6. The third kappa shape index (κ3) is 4.67. The Balaban J connectivity index is 2.71. The summed E-state index contributed by atoms with van der Waals surface area (Å²) in [6.45, 7) is -0.312. The van der Waals surface area contributed by atoms with Gasteiger partial charge >= 0.3 is 0 Å². The van der Waals surface area contributed by atoms with E-state index in [2.05, 4.69) is 0 Å². The second-order valence-corrected chi connectivity index (χ2v) is 5.55. The Hall–Kier alpha value is -1.05. The first-order valence-corrected chi connectivity index (χ1v) is 7.01. The molecule has 0 aromatic heterocycles. The molecule has 1 aromatic carbocycles. The highest BCUT2D eigenvalue weighted by molar-refractivity contribution is 7.89. The van der Waals surface area contributed by atoms with Gasteiger partial charge in [0, 0.05) is 0 Å². The van der Waals surface area contributed by atoms with Crippen LogP contribution < -0.4 is 10.5 Å². The number of halogens is 2. The Morgan fingerprint density at radius 3 is 2.33 bits per heavy atom. The monoisotopic (exact) mass is 278 g/mol. The summed E-state index contributed by atoms with van der Waals surface area (Å²) in [5.74, 6) is 0. The van der Waals surface area contributed by atoms with E-state index in [0.29, 0.717) is 6.54 Å². The van der Waals surface area contributed by atoms with Gasteiger partial charge in [-0.25, -0.2) is 21.9 Å². The quantitative estimate of drug-likeness (QED) is 0.785. The standard InChI is InChI=1S/C11H16F2N2O2S/c12-11(13)8-15-18(16,17)10-5-3-9(4-6-10)2-1-7-14/h3-6,11,15H,1-2,7-8,14H2. The van der Waals surface area contributed by atoms with Gasteiger partial charge in [0.2, 0.25) is 10.0 Å². The lowest BCUT2D eigenvalue weighted by Gasteiger charge is -2.07. The predicted molar refractivity (Wildman–Crippen MR) is 65.0 cm³/mol. The lowest BCUT2D eigenvalue weighted by Crippen LogP contribution is -2.28. The van der Waals surface area contributed by atoms with Crippen LogP contribution in [0.5, 0.6) is 0 Å². The van der Waals surface area contributed by atoms with Gasteiger partial charge in [-0.3, -0.25) is 0 Å². The summed E-state index contributed by atoms with van der Waals surface area (Å²) in [5.41, 5.74) is 6.33. The molecule has 0 saturated heterocycles. The number of hydrogen-bond acceptors (Lipinski definition) is 3. The van der Waals surface area contributed by atoms with Crippen LogP contribution >= 0.6 is 0 Å².